The van der Waals surface area contributed by atoms with Crippen LogP contribution in [0.3, 0.4) is 0 Å². The lowest BCUT2D eigenvalue weighted by atomic mass is 10.0. The molecular formula is C18H18ClN3S. The minimum atomic E-state index is 0.526. The normalized spacial score (nSPS) is 12.1. The van der Waals surface area contributed by atoms with Gasteiger partial charge in [-0.05, 0) is 59.4 Å². The van der Waals surface area contributed by atoms with E-state index in [1.807, 2.05) is 47.4 Å². The molecule has 0 spiro atoms. The van der Waals surface area contributed by atoms with E-state index in [0.717, 1.165) is 26.9 Å². The quantitative estimate of drug-likeness (QED) is 0.646. The van der Waals surface area contributed by atoms with Gasteiger partial charge in [0, 0.05) is 17.6 Å². The van der Waals surface area contributed by atoms with Crippen molar-refractivity contribution in [3.8, 4) is 11.4 Å². The van der Waals surface area contributed by atoms with Crippen molar-refractivity contribution in [2.24, 2.45) is 12.0 Å². The van der Waals surface area contributed by atoms with Crippen LogP contribution in [-0.2, 0) is 7.05 Å². The smallest absolute Gasteiger partial charge is 0.227 e. The van der Waals surface area contributed by atoms with E-state index in [0.29, 0.717) is 5.92 Å². The molecule has 0 aliphatic carbocycles. The monoisotopic (exact) mass is 343 g/mol. The molecule has 2 aromatic carbocycles. The standard InChI is InChI=1S/C18H18ClN3S/c1-12(2)13-6-10-16(11-7-13)20-18-21-17(22(3)23-18)14-4-8-15(19)9-5-14/h4-12H,1-3H3. The van der Waals surface area contributed by atoms with Gasteiger partial charge in [0.05, 0.1) is 5.69 Å². The zero-order valence-corrected chi connectivity index (χ0v) is 14.9. The number of hydrogen-bond donors (Lipinski definition) is 0. The topological polar surface area (TPSA) is 30.2 Å². The van der Waals surface area contributed by atoms with Gasteiger partial charge >= 0.3 is 0 Å². The van der Waals surface area contributed by atoms with Gasteiger partial charge in [0.2, 0.25) is 4.80 Å². The Morgan fingerprint density at radius 3 is 2.30 bits per heavy atom. The van der Waals surface area contributed by atoms with E-state index in [-0.39, 0.29) is 0 Å². The molecule has 3 rings (SSSR count). The summed E-state index contributed by atoms with van der Waals surface area (Å²) in [4.78, 5) is 10.0. The van der Waals surface area contributed by atoms with Gasteiger partial charge in [-0.1, -0.05) is 37.6 Å². The van der Waals surface area contributed by atoms with E-state index in [2.05, 4.69) is 36.0 Å². The second kappa shape index (κ2) is 6.69. The van der Waals surface area contributed by atoms with Crippen LogP contribution in [0, 0.1) is 0 Å². The van der Waals surface area contributed by atoms with Crippen LogP contribution in [0.5, 0.6) is 0 Å². The minimum Gasteiger partial charge on any atom is -0.281 e. The van der Waals surface area contributed by atoms with Crippen LogP contribution in [0.1, 0.15) is 25.3 Å². The number of halogens is 1. The molecule has 23 heavy (non-hydrogen) atoms. The lowest BCUT2D eigenvalue weighted by Crippen LogP contribution is -1.97. The van der Waals surface area contributed by atoms with Gasteiger partial charge in [-0.2, -0.15) is 4.98 Å². The minimum absolute atomic E-state index is 0.526. The molecule has 0 bridgehead atoms. The molecule has 0 unspecified atom stereocenters. The molecule has 118 valence electrons. The Hall–Kier alpha value is -1.91. The molecule has 1 heterocycles. The lowest BCUT2D eigenvalue weighted by molar-refractivity contribution is 0.867. The van der Waals surface area contributed by atoms with Gasteiger partial charge in [0.1, 0.15) is 0 Å². The molecule has 1 aromatic heterocycles. The third-order valence-electron chi connectivity index (χ3n) is 3.61. The predicted molar refractivity (Wildman–Crippen MR) is 97.3 cm³/mol. The van der Waals surface area contributed by atoms with Crippen LogP contribution in [0.15, 0.2) is 53.5 Å². The molecule has 3 nitrogen and oxygen atoms in total. The number of rotatable bonds is 3. The van der Waals surface area contributed by atoms with E-state index in [4.69, 9.17) is 11.6 Å². The van der Waals surface area contributed by atoms with Crippen molar-refractivity contribution in [2.45, 2.75) is 19.8 Å². The Kier molecular flexibility index (Phi) is 4.64. The molecule has 0 saturated heterocycles. The fourth-order valence-corrected chi connectivity index (χ4v) is 3.16. The first-order valence-electron chi connectivity index (χ1n) is 7.48. The fourth-order valence-electron chi connectivity index (χ4n) is 2.28. The average Bonchev–Trinajstić information content (AvgIpc) is 2.89. The zero-order chi connectivity index (χ0) is 16.4. The van der Waals surface area contributed by atoms with Crippen molar-refractivity contribution in [1.29, 1.82) is 0 Å². The van der Waals surface area contributed by atoms with E-state index >= 15 is 0 Å². The van der Waals surface area contributed by atoms with E-state index in [1.54, 1.807) is 0 Å². The Balaban J connectivity index is 1.95. The van der Waals surface area contributed by atoms with Crippen molar-refractivity contribution in [2.75, 3.05) is 0 Å². The van der Waals surface area contributed by atoms with Gasteiger partial charge < -0.3 is 0 Å². The summed E-state index contributed by atoms with van der Waals surface area (Å²) < 4.78 is 2.02. The van der Waals surface area contributed by atoms with Crippen molar-refractivity contribution in [3.63, 3.8) is 0 Å². The maximum atomic E-state index is 5.94. The zero-order valence-electron chi connectivity index (χ0n) is 13.3. The molecule has 0 aliphatic rings. The maximum absolute atomic E-state index is 5.94. The predicted octanol–water partition coefficient (Wildman–Crippen LogP) is 5.16. The molecule has 3 aromatic rings. The molecule has 0 amide bonds. The van der Waals surface area contributed by atoms with Crippen LogP contribution in [-0.4, -0.2) is 8.94 Å². The van der Waals surface area contributed by atoms with Crippen molar-refractivity contribution < 1.29 is 0 Å². The number of benzene rings is 2. The molecule has 0 atom stereocenters. The van der Waals surface area contributed by atoms with Gasteiger partial charge in [-0.25, -0.2) is 4.99 Å². The maximum Gasteiger partial charge on any atom is 0.227 e. The summed E-state index contributed by atoms with van der Waals surface area (Å²) in [5.74, 6) is 1.42. The molecule has 0 fully saturated rings. The summed E-state index contributed by atoms with van der Waals surface area (Å²) in [7, 11) is 1.99. The molecular weight excluding hydrogens is 326 g/mol. The highest BCUT2D eigenvalue weighted by Crippen LogP contribution is 2.21. The fraction of sp³-hybridized carbons (Fsp3) is 0.222. The highest BCUT2D eigenvalue weighted by molar-refractivity contribution is 7.03. The largest absolute Gasteiger partial charge is 0.281 e. The van der Waals surface area contributed by atoms with Crippen LogP contribution in [0.25, 0.3) is 11.4 Å². The van der Waals surface area contributed by atoms with Gasteiger partial charge in [-0.3, -0.25) is 3.96 Å². The summed E-state index contributed by atoms with van der Waals surface area (Å²) in [6.07, 6.45) is 0. The second-order valence-corrected chi connectivity index (χ2v) is 7.20. The van der Waals surface area contributed by atoms with Crippen molar-refractivity contribution >= 4 is 28.8 Å². The highest BCUT2D eigenvalue weighted by atomic mass is 35.5. The number of aromatic nitrogens is 2. The van der Waals surface area contributed by atoms with Gasteiger partial charge in [0.15, 0.2) is 5.82 Å². The van der Waals surface area contributed by atoms with Crippen LogP contribution < -0.4 is 4.80 Å². The molecule has 0 N–H and O–H groups in total. The summed E-state index contributed by atoms with van der Waals surface area (Å²) >= 11 is 7.47. The first kappa shape index (κ1) is 16.0. The summed E-state index contributed by atoms with van der Waals surface area (Å²) in [6.45, 7) is 4.37. The lowest BCUT2D eigenvalue weighted by Gasteiger charge is -2.03. The van der Waals surface area contributed by atoms with Gasteiger partial charge in [0.25, 0.3) is 0 Å². The summed E-state index contributed by atoms with van der Waals surface area (Å²) in [5, 5.41) is 0.724. The van der Waals surface area contributed by atoms with Gasteiger partial charge in [-0.15, -0.1) is 0 Å². The molecule has 0 radical (unpaired) electrons. The number of aryl methyl sites for hydroxylation is 1. The Bertz CT molecular complexity index is 859. The number of hydrogen-bond acceptors (Lipinski definition) is 3. The summed E-state index contributed by atoms with van der Waals surface area (Å²) in [5.41, 5.74) is 3.27. The second-order valence-electron chi connectivity index (χ2n) is 5.67. The van der Waals surface area contributed by atoms with Crippen LogP contribution >= 0.6 is 23.1 Å². The Morgan fingerprint density at radius 2 is 1.70 bits per heavy atom. The molecule has 0 aliphatic heterocycles. The van der Waals surface area contributed by atoms with Crippen LogP contribution in [0.4, 0.5) is 5.69 Å². The van der Waals surface area contributed by atoms with Crippen molar-refractivity contribution in [1.82, 2.24) is 8.94 Å². The highest BCUT2D eigenvalue weighted by Gasteiger charge is 2.06. The number of nitrogens with zero attached hydrogens (tertiary/aromatic N) is 3. The average molecular weight is 344 g/mol. The molecule has 5 heteroatoms. The third-order valence-corrected chi connectivity index (χ3v) is 4.65. The third kappa shape index (κ3) is 3.71. The first-order valence-corrected chi connectivity index (χ1v) is 8.63. The summed E-state index contributed by atoms with van der Waals surface area (Å²) in [6, 6.07) is 16.0. The van der Waals surface area contributed by atoms with E-state index in [1.165, 1.54) is 17.1 Å². The van der Waals surface area contributed by atoms with Crippen LogP contribution in [0.2, 0.25) is 5.02 Å². The van der Waals surface area contributed by atoms with E-state index < -0.39 is 0 Å². The van der Waals surface area contributed by atoms with E-state index in [9.17, 15) is 0 Å². The Morgan fingerprint density at radius 1 is 1.04 bits per heavy atom. The first-order chi connectivity index (χ1) is 11.0. The Labute approximate surface area is 145 Å². The molecule has 0 saturated carbocycles. The van der Waals surface area contributed by atoms with Crippen molar-refractivity contribution in [3.05, 3.63) is 63.9 Å². The SMILES string of the molecule is CC(C)c1ccc(N=c2nc(-c3ccc(Cl)cc3)n(C)s2)cc1.